The lowest BCUT2D eigenvalue weighted by molar-refractivity contribution is -0.115. The lowest BCUT2D eigenvalue weighted by atomic mass is 9.78. The lowest BCUT2D eigenvalue weighted by Gasteiger charge is -2.25. The van der Waals surface area contributed by atoms with Gasteiger partial charge in [0.25, 0.3) is 0 Å². The highest BCUT2D eigenvalue weighted by Gasteiger charge is 2.32. The molecule has 1 saturated carbocycles. The standard InChI is InChI=1S/C25H29NO4/c1-4-29-23-12-11-17(14-24(23)30-5-2)13-21(27)25-20(26-3)15-19(16-22(25)28)18-9-7-6-8-10-18/h6-12,14,19,27H,4-5,13,15-16H2,1-3H3. The first-order valence-corrected chi connectivity index (χ1v) is 10.4. The highest BCUT2D eigenvalue weighted by atomic mass is 16.5. The molecule has 0 saturated heterocycles. The lowest BCUT2D eigenvalue weighted by Crippen LogP contribution is -2.27. The van der Waals surface area contributed by atoms with Crippen LogP contribution in [0.1, 0.15) is 43.7 Å². The van der Waals surface area contributed by atoms with Gasteiger partial charge in [0, 0.05) is 25.6 Å². The maximum Gasteiger partial charge on any atom is 0.168 e. The van der Waals surface area contributed by atoms with Crippen LogP contribution < -0.4 is 9.47 Å². The van der Waals surface area contributed by atoms with Crippen molar-refractivity contribution < 1.29 is 19.4 Å². The molecule has 5 nitrogen and oxygen atoms in total. The highest BCUT2D eigenvalue weighted by Crippen LogP contribution is 2.34. The van der Waals surface area contributed by atoms with E-state index in [2.05, 4.69) is 4.99 Å². The van der Waals surface area contributed by atoms with Crippen molar-refractivity contribution in [3.05, 3.63) is 71.0 Å². The predicted octanol–water partition coefficient (Wildman–Crippen LogP) is 5.06. The molecule has 1 N–H and O–H groups in total. The highest BCUT2D eigenvalue weighted by molar-refractivity contribution is 6.24. The van der Waals surface area contributed by atoms with E-state index in [0.717, 1.165) is 11.1 Å². The third kappa shape index (κ3) is 4.90. The number of hydrogen-bond donors (Lipinski definition) is 1. The fraction of sp³-hybridized carbons (Fsp3) is 0.360. The number of allylic oxidation sites excluding steroid dienone is 2. The van der Waals surface area contributed by atoms with Crippen molar-refractivity contribution in [1.82, 2.24) is 0 Å². The topological polar surface area (TPSA) is 68.1 Å². The van der Waals surface area contributed by atoms with Crippen molar-refractivity contribution in [3.63, 3.8) is 0 Å². The molecule has 0 bridgehead atoms. The van der Waals surface area contributed by atoms with Crippen LogP contribution >= 0.6 is 0 Å². The summed E-state index contributed by atoms with van der Waals surface area (Å²) in [5, 5.41) is 10.9. The summed E-state index contributed by atoms with van der Waals surface area (Å²) in [5.74, 6) is 1.38. The zero-order valence-corrected chi connectivity index (χ0v) is 17.9. The zero-order chi connectivity index (χ0) is 21.5. The molecule has 0 aliphatic heterocycles. The van der Waals surface area contributed by atoms with Crippen molar-refractivity contribution >= 4 is 11.5 Å². The van der Waals surface area contributed by atoms with Crippen molar-refractivity contribution in [2.75, 3.05) is 20.3 Å². The number of nitrogens with zero attached hydrogens (tertiary/aromatic N) is 1. The number of carbonyl (C=O) groups is 1. The Bertz CT molecular complexity index is 947. The summed E-state index contributed by atoms with van der Waals surface area (Å²) in [7, 11) is 1.67. The molecule has 1 atom stereocenters. The van der Waals surface area contributed by atoms with E-state index in [9.17, 15) is 9.90 Å². The Morgan fingerprint density at radius 2 is 1.73 bits per heavy atom. The summed E-state index contributed by atoms with van der Waals surface area (Å²) in [5.41, 5.74) is 2.99. The number of aliphatic hydroxyl groups excluding tert-OH is 1. The monoisotopic (exact) mass is 407 g/mol. The molecule has 0 spiro atoms. The molecule has 2 aromatic rings. The van der Waals surface area contributed by atoms with Crippen LogP contribution in [0.15, 0.2) is 64.9 Å². The van der Waals surface area contributed by atoms with Gasteiger partial charge in [-0.05, 0) is 49.4 Å². The number of hydrogen-bond acceptors (Lipinski definition) is 5. The summed E-state index contributed by atoms with van der Waals surface area (Å²) in [6, 6.07) is 15.6. The van der Waals surface area contributed by atoms with Gasteiger partial charge in [-0.2, -0.15) is 0 Å². The number of aliphatic hydroxyl groups is 1. The van der Waals surface area contributed by atoms with Crippen LogP contribution in [0.3, 0.4) is 0 Å². The number of carbonyl (C=O) groups excluding carboxylic acids is 1. The van der Waals surface area contributed by atoms with Gasteiger partial charge in [0.05, 0.1) is 18.8 Å². The molecule has 0 amide bonds. The molecular weight excluding hydrogens is 378 g/mol. The van der Waals surface area contributed by atoms with Crippen LogP contribution in [0, 0.1) is 0 Å². The van der Waals surface area contributed by atoms with Gasteiger partial charge in [0.1, 0.15) is 5.76 Å². The smallest absolute Gasteiger partial charge is 0.168 e. The van der Waals surface area contributed by atoms with E-state index >= 15 is 0 Å². The van der Waals surface area contributed by atoms with E-state index in [-0.39, 0.29) is 23.9 Å². The van der Waals surface area contributed by atoms with Crippen molar-refractivity contribution in [3.8, 4) is 11.5 Å². The van der Waals surface area contributed by atoms with Gasteiger partial charge in [-0.15, -0.1) is 0 Å². The average molecular weight is 408 g/mol. The molecule has 3 rings (SSSR count). The largest absolute Gasteiger partial charge is 0.511 e. The van der Waals surface area contributed by atoms with E-state index in [1.54, 1.807) is 7.05 Å². The SMILES string of the molecule is CCOc1ccc(CC(O)=C2C(=O)CC(c3ccccc3)CC2=NC)cc1OCC. The second kappa shape index (κ2) is 10.1. The Morgan fingerprint density at radius 3 is 2.40 bits per heavy atom. The number of ketones is 1. The van der Waals surface area contributed by atoms with Gasteiger partial charge in [-0.25, -0.2) is 0 Å². The molecule has 1 unspecified atom stereocenters. The van der Waals surface area contributed by atoms with E-state index in [1.807, 2.05) is 62.4 Å². The number of aliphatic imine (C=N–C) groups is 1. The third-order valence-electron chi connectivity index (χ3n) is 5.25. The van der Waals surface area contributed by atoms with Crippen LogP contribution in [0.25, 0.3) is 0 Å². The first-order chi connectivity index (χ1) is 14.6. The molecule has 0 aromatic heterocycles. The number of ether oxygens (including phenoxy) is 2. The number of rotatable bonds is 7. The molecule has 30 heavy (non-hydrogen) atoms. The van der Waals surface area contributed by atoms with Gasteiger partial charge in [-0.1, -0.05) is 36.4 Å². The minimum Gasteiger partial charge on any atom is -0.511 e. The number of Topliss-reactive ketones (excluding diaryl/α,β-unsaturated/α-hetero) is 1. The second-order valence-electron chi connectivity index (χ2n) is 7.25. The summed E-state index contributed by atoms with van der Waals surface area (Å²) in [4.78, 5) is 17.3. The van der Waals surface area contributed by atoms with Crippen LogP contribution in [0.2, 0.25) is 0 Å². The van der Waals surface area contributed by atoms with Crippen LogP contribution in [0.4, 0.5) is 0 Å². The predicted molar refractivity (Wildman–Crippen MR) is 119 cm³/mol. The molecule has 1 aliphatic carbocycles. The van der Waals surface area contributed by atoms with Gasteiger partial charge in [-0.3, -0.25) is 9.79 Å². The van der Waals surface area contributed by atoms with Gasteiger partial charge < -0.3 is 14.6 Å². The van der Waals surface area contributed by atoms with Crippen LogP contribution in [-0.2, 0) is 11.2 Å². The van der Waals surface area contributed by atoms with Crippen LogP contribution in [-0.4, -0.2) is 36.9 Å². The van der Waals surface area contributed by atoms with E-state index in [0.29, 0.717) is 48.8 Å². The van der Waals surface area contributed by atoms with Gasteiger partial charge in [0.2, 0.25) is 0 Å². The molecule has 0 radical (unpaired) electrons. The first-order valence-electron chi connectivity index (χ1n) is 10.4. The Morgan fingerprint density at radius 1 is 1.03 bits per heavy atom. The molecule has 0 heterocycles. The summed E-state index contributed by atoms with van der Waals surface area (Å²) in [6.45, 7) is 4.89. The Hall–Kier alpha value is -3.08. The second-order valence-corrected chi connectivity index (χ2v) is 7.25. The van der Waals surface area contributed by atoms with E-state index in [1.165, 1.54) is 0 Å². The molecule has 158 valence electrons. The van der Waals surface area contributed by atoms with E-state index < -0.39 is 0 Å². The maximum atomic E-state index is 12.9. The Kier molecular flexibility index (Phi) is 7.28. The van der Waals surface area contributed by atoms with Gasteiger partial charge in [0.15, 0.2) is 17.3 Å². The van der Waals surface area contributed by atoms with Crippen molar-refractivity contribution in [1.29, 1.82) is 0 Å². The molecule has 1 fully saturated rings. The van der Waals surface area contributed by atoms with Crippen molar-refractivity contribution in [2.24, 2.45) is 4.99 Å². The van der Waals surface area contributed by atoms with E-state index in [4.69, 9.17) is 9.47 Å². The van der Waals surface area contributed by atoms with Gasteiger partial charge >= 0.3 is 0 Å². The number of benzene rings is 2. The maximum absolute atomic E-state index is 12.9. The van der Waals surface area contributed by atoms with Crippen LogP contribution in [0.5, 0.6) is 11.5 Å². The summed E-state index contributed by atoms with van der Waals surface area (Å²) >= 11 is 0. The quantitative estimate of drug-likeness (QED) is 0.515. The Balaban J connectivity index is 1.85. The molecule has 5 heteroatoms. The fourth-order valence-corrected chi connectivity index (χ4v) is 3.87. The van der Waals surface area contributed by atoms with Crippen molar-refractivity contribution in [2.45, 2.75) is 39.0 Å². The normalized spacial score (nSPS) is 19.6. The fourth-order valence-electron chi connectivity index (χ4n) is 3.87. The summed E-state index contributed by atoms with van der Waals surface area (Å²) in [6.07, 6.45) is 1.25. The minimum absolute atomic E-state index is 0.0544. The first kappa shape index (κ1) is 21.6. The molecular formula is C25H29NO4. The molecule has 1 aliphatic rings. The Labute approximate surface area is 178 Å². The third-order valence-corrected chi connectivity index (χ3v) is 5.25. The summed E-state index contributed by atoms with van der Waals surface area (Å²) < 4.78 is 11.3. The molecule has 2 aromatic carbocycles. The zero-order valence-electron chi connectivity index (χ0n) is 17.9. The average Bonchev–Trinajstić information content (AvgIpc) is 2.75. The minimum atomic E-state index is -0.0656.